The van der Waals surface area contributed by atoms with Crippen molar-refractivity contribution >= 4 is 22.4 Å². The molecular weight excluding hydrogens is 374 g/mol. The standard InChI is InChI=1S/C11H17N7O7S/c12-10(13)14-3-7(19)9-16-15-8(24-9)6-2-1-5-4-17(6)11(20)18(5)25-26(21,22)23/h5-7,19H,1-4H2,(H4,12,13,14)(H,21,22,23)/t5-,6-,7-/m0/s1. The smallest absolute Gasteiger partial charge is 0.418 e. The highest BCUT2D eigenvalue weighted by Crippen LogP contribution is 2.38. The average Bonchev–Trinajstić information content (AvgIpc) is 3.12. The van der Waals surface area contributed by atoms with Crippen LogP contribution in [0.2, 0.25) is 0 Å². The van der Waals surface area contributed by atoms with Crippen molar-refractivity contribution in [2.24, 2.45) is 16.5 Å². The van der Waals surface area contributed by atoms with Gasteiger partial charge in [-0.1, -0.05) is 0 Å². The van der Waals surface area contributed by atoms with Gasteiger partial charge in [-0.15, -0.1) is 14.5 Å². The van der Waals surface area contributed by atoms with Crippen LogP contribution in [-0.2, 0) is 14.7 Å². The van der Waals surface area contributed by atoms with Gasteiger partial charge in [0.15, 0.2) is 12.1 Å². The number of aliphatic imine (C=N–C) groups is 1. The molecule has 26 heavy (non-hydrogen) atoms. The lowest BCUT2D eigenvalue weighted by molar-refractivity contribution is -0.0317. The summed E-state index contributed by atoms with van der Waals surface area (Å²) in [6, 6.07) is -1.91. The van der Waals surface area contributed by atoms with Gasteiger partial charge in [0, 0.05) is 6.54 Å². The molecule has 2 aliphatic rings. The first-order chi connectivity index (χ1) is 12.2. The Morgan fingerprint density at radius 1 is 1.42 bits per heavy atom. The number of aliphatic hydroxyl groups is 1. The summed E-state index contributed by atoms with van der Waals surface area (Å²) in [6.45, 7) is -0.0113. The summed E-state index contributed by atoms with van der Waals surface area (Å²) in [5.74, 6) is -0.252. The lowest BCUT2D eigenvalue weighted by Crippen LogP contribution is -2.35. The number of piperidine rings is 1. The largest absolute Gasteiger partial charge is 0.420 e. The second kappa shape index (κ2) is 6.67. The van der Waals surface area contributed by atoms with Gasteiger partial charge in [0.25, 0.3) is 0 Å². The molecule has 2 saturated heterocycles. The third kappa shape index (κ3) is 3.69. The van der Waals surface area contributed by atoms with Gasteiger partial charge in [-0.2, -0.15) is 13.5 Å². The Morgan fingerprint density at radius 2 is 2.15 bits per heavy atom. The third-order valence-electron chi connectivity index (χ3n) is 3.97. The van der Waals surface area contributed by atoms with Crippen LogP contribution in [0, 0.1) is 0 Å². The number of aromatic nitrogens is 2. The number of aliphatic hydroxyl groups excluding tert-OH is 1. The van der Waals surface area contributed by atoms with Gasteiger partial charge in [-0.05, 0) is 12.8 Å². The highest BCUT2D eigenvalue weighted by atomic mass is 32.3. The van der Waals surface area contributed by atoms with Crippen molar-refractivity contribution in [3.8, 4) is 0 Å². The van der Waals surface area contributed by atoms with E-state index in [1.807, 2.05) is 0 Å². The second-order valence-electron chi connectivity index (χ2n) is 5.77. The normalized spacial score (nSPS) is 24.0. The molecule has 3 heterocycles. The molecule has 2 amide bonds. The number of carbonyl (C=O) groups excluding carboxylic acids is 1. The van der Waals surface area contributed by atoms with Crippen molar-refractivity contribution in [1.29, 1.82) is 0 Å². The van der Waals surface area contributed by atoms with Crippen molar-refractivity contribution in [3.05, 3.63) is 11.8 Å². The molecule has 1 aromatic heterocycles. The Bertz CT molecular complexity index is 821. The zero-order valence-electron chi connectivity index (χ0n) is 13.3. The summed E-state index contributed by atoms with van der Waals surface area (Å²) in [5.41, 5.74) is 10.4. The van der Waals surface area contributed by atoms with E-state index >= 15 is 0 Å². The van der Waals surface area contributed by atoms with E-state index in [0.29, 0.717) is 17.9 Å². The molecule has 3 rings (SSSR count). The second-order valence-corrected chi connectivity index (χ2v) is 6.77. The first kappa shape index (κ1) is 18.3. The zero-order chi connectivity index (χ0) is 19.1. The maximum atomic E-state index is 12.3. The predicted molar refractivity (Wildman–Crippen MR) is 82.3 cm³/mol. The van der Waals surface area contributed by atoms with Gasteiger partial charge in [-0.25, -0.2) is 4.79 Å². The number of urea groups is 1. The fourth-order valence-electron chi connectivity index (χ4n) is 2.87. The fourth-order valence-corrected chi connectivity index (χ4v) is 3.26. The zero-order valence-corrected chi connectivity index (χ0v) is 14.1. The lowest BCUT2D eigenvalue weighted by atomic mass is 10.0. The van der Waals surface area contributed by atoms with Crippen molar-refractivity contribution in [2.45, 2.75) is 31.0 Å². The van der Waals surface area contributed by atoms with Crippen LogP contribution in [0.5, 0.6) is 0 Å². The van der Waals surface area contributed by atoms with Gasteiger partial charge in [0.1, 0.15) is 6.04 Å². The molecule has 2 bridgehead atoms. The molecule has 0 spiro atoms. The molecule has 144 valence electrons. The van der Waals surface area contributed by atoms with Crippen LogP contribution in [0.3, 0.4) is 0 Å². The first-order valence-corrected chi connectivity index (χ1v) is 8.86. The average molecular weight is 391 g/mol. The van der Waals surface area contributed by atoms with Crippen molar-refractivity contribution in [3.63, 3.8) is 0 Å². The summed E-state index contributed by atoms with van der Waals surface area (Å²) >= 11 is 0. The minimum atomic E-state index is -4.82. The van der Waals surface area contributed by atoms with E-state index in [9.17, 15) is 18.3 Å². The summed E-state index contributed by atoms with van der Waals surface area (Å²) in [6.07, 6.45) is -0.437. The minimum Gasteiger partial charge on any atom is -0.420 e. The quantitative estimate of drug-likeness (QED) is 0.238. The number of carbonyl (C=O) groups is 1. The highest BCUT2D eigenvalue weighted by molar-refractivity contribution is 7.80. The maximum Gasteiger partial charge on any atom is 0.418 e. The van der Waals surface area contributed by atoms with Crippen molar-refractivity contribution in [1.82, 2.24) is 20.2 Å². The molecule has 0 saturated carbocycles. The number of hydroxylamine groups is 2. The number of fused-ring (bicyclic) bond motifs is 2. The number of nitrogens with zero attached hydrogens (tertiary/aromatic N) is 5. The number of rotatable bonds is 6. The number of hydrogen-bond acceptors (Lipinski definition) is 9. The number of guanidine groups is 1. The molecule has 3 atom stereocenters. The summed E-state index contributed by atoms with van der Waals surface area (Å²) in [5, 5.41) is 18.1. The van der Waals surface area contributed by atoms with Crippen LogP contribution in [0.15, 0.2) is 9.41 Å². The molecular formula is C11H17N7O7S. The fraction of sp³-hybridized carbons (Fsp3) is 0.636. The number of hydrogen-bond donors (Lipinski definition) is 4. The van der Waals surface area contributed by atoms with Gasteiger partial charge in [0.2, 0.25) is 11.8 Å². The van der Waals surface area contributed by atoms with Gasteiger partial charge in [-0.3, -0.25) is 9.55 Å². The predicted octanol–water partition coefficient (Wildman–Crippen LogP) is -1.95. The van der Waals surface area contributed by atoms with Crippen molar-refractivity contribution in [2.75, 3.05) is 13.1 Å². The molecule has 0 radical (unpaired) electrons. The van der Waals surface area contributed by atoms with Crippen LogP contribution >= 0.6 is 0 Å². The lowest BCUT2D eigenvalue weighted by Gasteiger charge is -2.27. The summed E-state index contributed by atoms with van der Waals surface area (Å²) in [4.78, 5) is 17.3. The topological polar surface area (TPSA) is 211 Å². The monoisotopic (exact) mass is 391 g/mol. The van der Waals surface area contributed by atoms with Crippen LogP contribution in [0.4, 0.5) is 4.79 Å². The van der Waals surface area contributed by atoms with Gasteiger partial charge in [0.05, 0.1) is 12.6 Å². The Kier molecular flexibility index (Phi) is 4.70. The molecule has 0 unspecified atom stereocenters. The van der Waals surface area contributed by atoms with Crippen LogP contribution in [0.1, 0.15) is 36.8 Å². The molecule has 2 aliphatic heterocycles. The summed E-state index contributed by atoms with van der Waals surface area (Å²) < 4.78 is 40.3. The minimum absolute atomic E-state index is 0.0734. The Hall–Kier alpha value is -2.49. The van der Waals surface area contributed by atoms with E-state index in [4.69, 9.17) is 20.4 Å². The molecule has 1 aromatic rings. The molecule has 0 aliphatic carbocycles. The third-order valence-corrected chi connectivity index (χ3v) is 4.32. The molecule has 15 heteroatoms. The Morgan fingerprint density at radius 3 is 2.81 bits per heavy atom. The Labute approximate surface area is 147 Å². The van der Waals surface area contributed by atoms with E-state index in [0.717, 1.165) is 0 Å². The molecule has 2 fully saturated rings. The van der Waals surface area contributed by atoms with E-state index in [-0.39, 0.29) is 30.8 Å². The van der Waals surface area contributed by atoms with Crippen LogP contribution in [-0.4, -0.2) is 69.4 Å². The molecule has 0 aromatic carbocycles. The van der Waals surface area contributed by atoms with Gasteiger partial charge < -0.3 is 25.9 Å². The SMILES string of the molecule is NC(N)=NC[C@H](O)c1nnc([C@@H]2CC[C@H]3CN2C(=O)N3OS(=O)(=O)O)o1. The highest BCUT2D eigenvalue weighted by Gasteiger charge is 2.49. The van der Waals surface area contributed by atoms with E-state index in [1.165, 1.54) is 4.90 Å². The summed E-state index contributed by atoms with van der Waals surface area (Å²) in [7, 11) is -4.82. The van der Waals surface area contributed by atoms with Crippen LogP contribution in [0.25, 0.3) is 0 Å². The number of amides is 2. The van der Waals surface area contributed by atoms with E-state index < -0.39 is 34.6 Å². The van der Waals surface area contributed by atoms with E-state index in [2.05, 4.69) is 19.5 Å². The van der Waals surface area contributed by atoms with Gasteiger partial charge >= 0.3 is 16.4 Å². The van der Waals surface area contributed by atoms with Crippen LogP contribution < -0.4 is 11.5 Å². The molecule has 14 nitrogen and oxygen atoms in total. The van der Waals surface area contributed by atoms with E-state index in [1.54, 1.807) is 0 Å². The maximum absolute atomic E-state index is 12.3. The first-order valence-electron chi connectivity index (χ1n) is 7.49. The molecule has 6 N–H and O–H groups in total. The Balaban J connectivity index is 1.74. The number of nitrogens with two attached hydrogens (primary N) is 2. The van der Waals surface area contributed by atoms with Crippen molar-refractivity contribution < 1.29 is 31.6 Å².